The zero-order valence-corrected chi connectivity index (χ0v) is 11.5. The van der Waals surface area contributed by atoms with Crippen molar-refractivity contribution < 1.29 is 9.21 Å². The van der Waals surface area contributed by atoms with Crippen LogP contribution in [-0.2, 0) is 0 Å². The Labute approximate surface area is 119 Å². The minimum absolute atomic E-state index is 0.104. The molecule has 0 spiro atoms. The van der Waals surface area contributed by atoms with E-state index in [9.17, 15) is 4.79 Å². The fourth-order valence-corrected chi connectivity index (χ4v) is 1.94. The molecule has 1 aromatic heterocycles. The summed E-state index contributed by atoms with van der Waals surface area (Å²) in [7, 11) is 0. The van der Waals surface area contributed by atoms with Gasteiger partial charge < -0.3 is 9.73 Å². The molecule has 18 heavy (non-hydrogen) atoms. The maximum atomic E-state index is 11.8. The molecule has 0 aliphatic carbocycles. The molecule has 0 bridgehead atoms. The first-order valence-electron chi connectivity index (χ1n) is 4.99. The highest BCUT2D eigenvalue weighted by molar-refractivity contribution is 6.36. The fraction of sp³-hybridized carbons (Fsp3) is 0.0833. The number of rotatable bonds is 2. The maximum absolute atomic E-state index is 11.8. The molecule has 1 N–H and O–H groups in total. The molecule has 0 atom stereocenters. The fourth-order valence-electron chi connectivity index (χ4n) is 1.36. The van der Waals surface area contributed by atoms with Crippen LogP contribution in [0.5, 0.6) is 0 Å². The van der Waals surface area contributed by atoms with Crippen LogP contribution >= 0.6 is 34.8 Å². The van der Waals surface area contributed by atoms with Gasteiger partial charge in [-0.25, -0.2) is 0 Å². The molecule has 2 aromatic rings. The van der Waals surface area contributed by atoms with E-state index in [0.717, 1.165) is 5.56 Å². The van der Waals surface area contributed by atoms with Gasteiger partial charge in [-0.3, -0.25) is 4.79 Å². The molecule has 1 heterocycles. The first-order chi connectivity index (χ1) is 8.47. The van der Waals surface area contributed by atoms with Gasteiger partial charge in [-0.2, -0.15) is 0 Å². The molecule has 0 saturated carbocycles. The largest absolute Gasteiger partial charge is 0.440 e. The van der Waals surface area contributed by atoms with Crippen LogP contribution in [0.15, 0.2) is 28.7 Å². The van der Waals surface area contributed by atoms with E-state index in [0.29, 0.717) is 15.7 Å². The molecule has 94 valence electrons. The smallest absolute Gasteiger partial charge is 0.291 e. The van der Waals surface area contributed by atoms with Gasteiger partial charge in [-0.15, -0.1) is 0 Å². The number of aryl methyl sites for hydroxylation is 1. The maximum Gasteiger partial charge on any atom is 0.291 e. The molecule has 0 unspecified atom stereocenters. The van der Waals surface area contributed by atoms with Gasteiger partial charge in [0.15, 0.2) is 11.0 Å². The van der Waals surface area contributed by atoms with Crippen LogP contribution in [0.3, 0.4) is 0 Å². The summed E-state index contributed by atoms with van der Waals surface area (Å²) >= 11 is 17.6. The van der Waals surface area contributed by atoms with Crippen molar-refractivity contribution in [2.45, 2.75) is 6.92 Å². The summed E-state index contributed by atoms with van der Waals surface area (Å²) < 4.78 is 4.99. The number of halogens is 3. The Morgan fingerprint density at radius 1 is 1.17 bits per heavy atom. The van der Waals surface area contributed by atoms with Crippen LogP contribution in [0.4, 0.5) is 5.69 Å². The minimum Gasteiger partial charge on any atom is -0.440 e. The Bertz CT molecular complexity index is 607. The normalized spacial score (nSPS) is 10.4. The lowest BCUT2D eigenvalue weighted by Gasteiger charge is -2.08. The molecule has 1 aromatic carbocycles. The Morgan fingerprint density at radius 2 is 1.89 bits per heavy atom. The van der Waals surface area contributed by atoms with E-state index in [1.54, 1.807) is 12.1 Å². The summed E-state index contributed by atoms with van der Waals surface area (Å²) in [4.78, 5) is 11.8. The molecule has 1 amide bonds. The molecular formula is C12H8Cl3NO2. The molecule has 0 saturated heterocycles. The van der Waals surface area contributed by atoms with Crippen LogP contribution in [0.2, 0.25) is 15.3 Å². The van der Waals surface area contributed by atoms with Crippen LogP contribution < -0.4 is 5.32 Å². The quantitative estimate of drug-likeness (QED) is 0.866. The van der Waals surface area contributed by atoms with Gasteiger partial charge in [-0.05, 0) is 48.4 Å². The van der Waals surface area contributed by atoms with Crippen LogP contribution in [0, 0.1) is 6.92 Å². The second kappa shape index (κ2) is 5.22. The van der Waals surface area contributed by atoms with Crippen molar-refractivity contribution in [1.29, 1.82) is 0 Å². The van der Waals surface area contributed by atoms with Crippen molar-refractivity contribution in [3.8, 4) is 0 Å². The van der Waals surface area contributed by atoms with Crippen molar-refractivity contribution in [2.24, 2.45) is 0 Å². The number of nitrogens with one attached hydrogen (secondary N) is 1. The molecule has 0 radical (unpaired) electrons. The third-order valence-corrected chi connectivity index (χ3v) is 3.22. The van der Waals surface area contributed by atoms with Crippen LogP contribution in [-0.4, -0.2) is 5.91 Å². The molecule has 0 fully saturated rings. The van der Waals surface area contributed by atoms with Gasteiger partial charge in [-0.1, -0.05) is 23.2 Å². The van der Waals surface area contributed by atoms with Crippen LogP contribution in [0.1, 0.15) is 16.1 Å². The zero-order valence-electron chi connectivity index (χ0n) is 9.26. The lowest BCUT2D eigenvalue weighted by molar-refractivity contribution is 0.0997. The standard InChI is InChI=1S/C12H8Cl3NO2/c1-6-4-8(14)9(5-7(6)13)16-12(17)10-2-3-11(15)18-10/h2-5H,1H3,(H,16,17). The molecule has 0 aliphatic heterocycles. The summed E-state index contributed by atoms with van der Waals surface area (Å²) in [6, 6.07) is 6.22. The van der Waals surface area contributed by atoms with Crippen molar-refractivity contribution >= 4 is 46.4 Å². The van der Waals surface area contributed by atoms with E-state index in [1.807, 2.05) is 6.92 Å². The lowest BCUT2D eigenvalue weighted by atomic mass is 10.2. The predicted octanol–water partition coefficient (Wildman–Crippen LogP) is 4.80. The average Bonchev–Trinajstić information content (AvgIpc) is 2.73. The van der Waals surface area contributed by atoms with E-state index in [1.165, 1.54) is 12.1 Å². The van der Waals surface area contributed by atoms with Gasteiger partial charge in [0.2, 0.25) is 0 Å². The van der Waals surface area contributed by atoms with Gasteiger partial charge in [0.1, 0.15) is 0 Å². The Morgan fingerprint density at radius 3 is 2.50 bits per heavy atom. The van der Waals surface area contributed by atoms with E-state index in [-0.39, 0.29) is 11.0 Å². The third kappa shape index (κ3) is 2.80. The topological polar surface area (TPSA) is 42.2 Å². The van der Waals surface area contributed by atoms with E-state index in [4.69, 9.17) is 39.2 Å². The number of hydrogen-bond acceptors (Lipinski definition) is 2. The summed E-state index contributed by atoms with van der Waals surface area (Å²) in [6.45, 7) is 1.83. The number of amides is 1. The third-order valence-electron chi connectivity index (χ3n) is 2.29. The van der Waals surface area contributed by atoms with Gasteiger partial charge >= 0.3 is 0 Å². The van der Waals surface area contributed by atoms with Crippen molar-refractivity contribution in [3.05, 3.63) is 50.9 Å². The second-order valence-electron chi connectivity index (χ2n) is 3.64. The van der Waals surface area contributed by atoms with Crippen molar-refractivity contribution in [2.75, 3.05) is 5.32 Å². The van der Waals surface area contributed by atoms with E-state index >= 15 is 0 Å². The summed E-state index contributed by atoms with van der Waals surface area (Å²) in [6.07, 6.45) is 0. The molecular weight excluding hydrogens is 296 g/mol. The molecule has 3 nitrogen and oxygen atoms in total. The number of anilines is 1. The molecule has 6 heteroatoms. The van der Waals surface area contributed by atoms with Crippen molar-refractivity contribution in [3.63, 3.8) is 0 Å². The monoisotopic (exact) mass is 303 g/mol. The number of carbonyl (C=O) groups is 1. The predicted molar refractivity (Wildman–Crippen MR) is 72.9 cm³/mol. The Balaban J connectivity index is 2.24. The lowest BCUT2D eigenvalue weighted by Crippen LogP contribution is -2.11. The molecule has 0 aliphatic rings. The first kappa shape index (κ1) is 13.3. The van der Waals surface area contributed by atoms with Gasteiger partial charge in [0.25, 0.3) is 5.91 Å². The number of furan rings is 1. The van der Waals surface area contributed by atoms with Crippen LogP contribution in [0.25, 0.3) is 0 Å². The summed E-state index contributed by atoms with van der Waals surface area (Å²) in [5.74, 6) is -0.337. The van der Waals surface area contributed by atoms with Crippen molar-refractivity contribution in [1.82, 2.24) is 0 Å². The minimum atomic E-state index is -0.441. The zero-order chi connectivity index (χ0) is 13.3. The summed E-state index contributed by atoms with van der Waals surface area (Å²) in [5, 5.41) is 3.67. The Hall–Kier alpha value is -1.16. The Kier molecular flexibility index (Phi) is 3.85. The second-order valence-corrected chi connectivity index (χ2v) is 4.83. The van der Waals surface area contributed by atoms with E-state index in [2.05, 4.69) is 5.32 Å². The SMILES string of the molecule is Cc1cc(Cl)c(NC(=O)c2ccc(Cl)o2)cc1Cl. The highest BCUT2D eigenvalue weighted by Gasteiger charge is 2.13. The first-order valence-corrected chi connectivity index (χ1v) is 6.13. The number of carbonyl (C=O) groups excluding carboxylic acids is 1. The van der Waals surface area contributed by atoms with E-state index < -0.39 is 5.91 Å². The number of hydrogen-bond donors (Lipinski definition) is 1. The average molecular weight is 305 g/mol. The highest BCUT2D eigenvalue weighted by atomic mass is 35.5. The highest BCUT2D eigenvalue weighted by Crippen LogP contribution is 2.29. The van der Waals surface area contributed by atoms with Gasteiger partial charge in [0, 0.05) is 5.02 Å². The number of benzene rings is 1. The van der Waals surface area contributed by atoms with Gasteiger partial charge in [0.05, 0.1) is 10.7 Å². The molecule has 2 rings (SSSR count). The summed E-state index contributed by atoms with van der Waals surface area (Å²) in [5.41, 5.74) is 1.26.